The van der Waals surface area contributed by atoms with Gasteiger partial charge in [-0.2, -0.15) is 0 Å². The van der Waals surface area contributed by atoms with Crippen LogP contribution in [0.1, 0.15) is 55.8 Å². The van der Waals surface area contributed by atoms with E-state index in [1.165, 1.54) is 7.11 Å². The SMILES string of the molecule is COC(=O)CCCCN1C(=O)[C@]2(O[C@H](CCn3cc(CCO)nn3)[C@@H]([Si](C)(C)F)[C@@H]2C)c2cc(N3C(=O)CCc4ccccc43)ccc21. The third kappa shape index (κ3) is 6.07. The smallest absolute Gasteiger partial charge is 0.305 e. The monoisotopic (exact) mass is 677 g/mol. The topological polar surface area (TPSA) is 127 Å². The van der Waals surface area contributed by atoms with Crippen molar-refractivity contribution in [2.45, 2.75) is 88.8 Å². The predicted molar refractivity (Wildman–Crippen MR) is 180 cm³/mol. The zero-order valence-corrected chi connectivity index (χ0v) is 29.0. The summed E-state index contributed by atoms with van der Waals surface area (Å²) in [6.07, 6.45) is 4.36. The maximum atomic E-state index is 16.4. The number of para-hydroxylation sites is 1. The van der Waals surface area contributed by atoms with Crippen molar-refractivity contribution in [2.75, 3.05) is 30.1 Å². The lowest BCUT2D eigenvalue weighted by Crippen LogP contribution is -2.45. The summed E-state index contributed by atoms with van der Waals surface area (Å²) >= 11 is 0. The van der Waals surface area contributed by atoms with Crippen LogP contribution >= 0.6 is 0 Å². The molecule has 2 aromatic carbocycles. The van der Waals surface area contributed by atoms with Crippen LogP contribution in [-0.4, -0.2) is 72.7 Å². The lowest BCUT2D eigenvalue weighted by atomic mass is 9.82. The molecule has 11 nitrogen and oxygen atoms in total. The van der Waals surface area contributed by atoms with E-state index in [0.29, 0.717) is 74.2 Å². The number of aryl methyl sites for hydroxylation is 2. The molecule has 1 fully saturated rings. The third-order valence-electron chi connectivity index (χ3n) is 10.1. The molecule has 0 radical (unpaired) electrons. The van der Waals surface area contributed by atoms with E-state index in [1.807, 2.05) is 49.4 Å². The normalized spacial score (nSPS) is 23.6. The second-order valence-corrected chi connectivity index (χ2v) is 17.4. The Morgan fingerprint density at radius 1 is 1.12 bits per heavy atom. The Hall–Kier alpha value is -3.94. The quantitative estimate of drug-likeness (QED) is 0.123. The molecule has 3 aromatic rings. The number of benzene rings is 2. The summed E-state index contributed by atoms with van der Waals surface area (Å²) in [7, 11) is -2.05. The summed E-state index contributed by atoms with van der Waals surface area (Å²) in [6.45, 7) is 5.98. The molecule has 0 aliphatic carbocycles. The molecule has 4 atom stereocenters. The van der Waals surface area contributed by atoms with Gasteiger partial charge in [-0.15, -0.1) is 5.10 Å². The van der Waals surface area contributed by atoms with E-state index in [0.717, 1.165) is 11.3 Å². The van der Waals surface area contributed by atoms with Crippen LogP contribution in [0.15, 0.2) is 48.7 Å². The van der Waals surface area contributed by atoms with Gasteiger partial charge >= 0.3 is 5.97 Å². The van der Waals surface area contributed by atoms with E-state index < -0.39 is 31.6 Å². The molecule has 2 amide bonds. The first-order valence-corrected chi connectivity index (χ1v) is 19.8. The lowest BCUT2D eigenvalue weighted by molar-refractivity contribution is -0.146. The summed E-state index contributed by atoms with van der Waals surface area (Å²) in [6, 6.07) is 13.5. The van der Waals surface area contributed by atoms with Crippen molar-refractivity contribution >= 4 is 43.3 Å². The predicted octanol–water partition coefficient (Wildman–Crippen LogP) is 4.98. The van der Waals surface area contributed by atoms with Gasteiger partial charge in [-0.05, 0) is 68.6 Å². The number of carbonyl (C=O) groups excluding carboxylic acids is 3. The summed E-state index contributed by atoms with van der Waals surface area (Å²) in [5.41, 5.74) is 2.53. The fourth-order valence-corrected chi connectivity index (χ4v) is 10.5. The molecule has 4 heterocycles. The standard InChI is InChI=1S/C35H44FN5O6Si/c1-23-33(48(3,4)36)30(16-19-39-22-25(17-20-42)37-38-39)47-35(23)27-21-26(41-28-10-6-5-9-24(28)12-15-31(41)43)13-14-29(27)40(34(35)45)18-8-7-11-32(44)46-2/h5-6,9-10,13-14,21-23,30,33,42H,7-8,11-12,15-20H2,1-4H3/t23-,30+,33-,35+/m0/s1. The lowest BCUT2D eigenvalue weighted by Gasteiger charge is -2.32. The second-order valence-electron chi connectivity index (χ2n) is 13.6. The first kappa shape index (κ1) is 33.9. The number of halogens is 1. The Morgan fingerprint density at radius 3 is 2.67 bits per heavy atom. The Kier molecular flexibility index (Phi) is 9.56. The molecular formula is C35H44FN5O6Si. The number of ether oxygens (including phenoxy) is 2. The summed E-state index contributed by atoms with van der Waals surface area (Å²) in [5, 5.41) is 17.6. The van der Waals surface area contributed by atoms with Gasteiger partial charge in [0.05, 0.1) is 30.3 Å². The van der Waals surface area contributed by atoms with Crippen molar-refractivity contribution in [1.29, 1.82) is 0 Å². The number of rotatable bonds is 12. The number of aliphatic hydroxyl groups excluding tert-OH is 1. The number of amides is 2. The van der Waals surface area contributed by atoms with Crippen molar-refractivity contribution in [3.63, 3.8) is 0 Å². The van der Waals surface area contributed by atoms with E-state index in [1.54, 1.807) is 33.8 Å². The minimum Gasteiger partial charge on any atom is -0.469 e. The van der Waals surface area contributed by atoms with Gasteiger partial charge in [0.15, 0.2) is 5.60 Å². The maximum absolute atomic E-state index is 16.4. The number of hydrogen-bond donors (Lipinski definition) is 1. The number of hydrogen-bond acceptors (Lipinski definition) is 8. The van der Waals surface area contributed by atoms with E-state index in [9.17, 15) is 19.5 Å². The Balaban J connectivity index is 1.39. The molecule has 3 aliphatic rings. The molecular weight excluding hydrogens is 633 g/mol. The van der Waals surface area contributed by atoms with Crippen molar-refractivity contribution < 1.29 is 33.1 Å². The minimum absolute atomic E-state index is 0.0338. The highest BCUT2D eigenvalue weighted by Gasteiger charge is 2.66. The number of aliphatic hydroxyl groups is 1. The second kappa shape index (κ2) is 13.5. The molecule has 6 rings (SSSR count). The molecule has 13 heteroatoms. The number of nitrogens with zero attached hydrogens (tertiary/aromatic N) is 5. The average Bonchev–Trinajstić information content (AvgIpc) is 3.71. The van der Waals surface area contributed by atoms with Gasteiger partial charge in [0.2, 0.25) is 14.3 Å². The Morgan fingerprint density at radius 2 is 1.92 bits per heavy atom. The van der Waals surface area contributed by atoms with Crippen molar-refractivity contribution in [2.24, 2.45) is 5.92 Å². The fraction of sp³-hybridized carbons (Fsp3) is 0.514. The Bertz CT molecular complexity index is 1690. The van der Waals surface area contributed by atoms with Gasteiger partial charge in [-0.1, -0.05) is 30.3 Å². The maximum Gasteiger partial charge on any atom is 0.305 e. The zero-order chi connectivity index (χ0) is 34.2. The van der Waals surface area contributed by atoms with Gasteiger partial charge < -0.3 is 23.6 Å². The molecule has 1 spiro atoms. The van der Waals surface area contributed by atoms with E-state index in [-0.39, 0.29) is 30.8 Å². The minimum atomic E-state index is -3.40. The highest BCUT2D eigenvalue weighted by Crippen LogP contribution is 2.60. The van der Waals surface area contributed by atoms with Crippen LogP contribution in [0.25, 0.3) is 0 Å². The van der Waals surface area contributed by atoms with Crippen LogP contribution in [0.3, 0.4) is 0 Å². The van der Waals surface area contributed by atoms with Gasteiger partial charge in [0, 0.05) is 67.9 Å². The number of carbonyl (C=O) groups is 3. The molecule has 0 bridgehead atoms. The molecule has 0 saturated carbocycles. The van der Waals surface area contributed by atoms with Crippen LogP contribution in [0.4, 0.5) is 21.2 Å². The van der Waals surface area contributed by atoms with Gasteiger partial charge in [0.25, 0.3) is 5.91 Å². The van der Waals surface area contributed by atoms with Gasteiger partial charge in [-0.3, -0.25) is 24.0 Å². The first-order chi connectivity index (χ1) is 23.0. The highest BCUT2D eigenvalue weighted by molar-refractivity contribution is 6.72. The third-order valence-corrected chi connectivity index (χ3v) is 12.6. The van der Waals surface area contributed by atoms with Crippen LogP contribution in [0, 0.1) is 5.92 Å². The zero-order valence-electron chi connectivity index (χ0n) is 28.0. The number of esters is 1. The fourth-order valence-electron chi connectivity index (χ4n) is 7.96. The summed E-state index contributed by atoms with van der Waals surface area (Å²) < 4.78 is 29.8. The van der Waals surface area contributed by atoms with Gasteiger partial charge in [-0.25, -0.2) is 0 Å². The van der Waals surface area contributed by atoms with Crippen molar-refractivity contribution in [3.05, 3.63) is 65.5 Å². The average molecular weight is 678 g/mol. The molecule has 256 valence electrons. The molecule has 0 unspecified atom stereocenters. The van der Waals surface area contributed by atoms with Crippen LogP contribution in [0.5, 0.6) is 0 Å². The van der Waals surface area contributed by atoms with E-state index >= 15 is 4.11 Å². The van der Waals surface area contributed by atoms with E-state index in [2.05, 4.69) is 10.3 Å². The van der Waals surface area contributed by atoms with Crippen molar-refractivity contribution in [3.8, 4) is 0 Å². The highest BCUT2D eigenvalue weighted by atomic mass is 28.4. The summed E-state index contributed by atoms with van der Waals surface area (Å²) in [4.78, 5) is 43.4. The molecule has 1 N–H and O–H groups in total. The van der Waals surface area contributed by atoms with Crippen molar-refractivity contribution in [1.82, 2.24) is 15.0 Å². The van der Waals surface area contributed by atoms with Crippen LogP contribution < -0.4 is 9.80 Å². The van der Waals surface area contributed by atoms with Gasteiger partial charge in [0.1, 0.15) is 0 Å². The van der Waals surface area contributed by atoms with Crippen LogP contribution in [-0.2, 0) is 48.8 Å². The van der Waals surface area contributed by atoms with E-state index in [4.69, 9.17) is 9.47 Å². The molecule has 48 heavy (non-hydrogen) atoms. The largest absolute Gasteiger partial charge is 0.469 e. The first-order valence-electron chi connectivity index (χ1n) is 16.8. The molecule has 1 saturated heterocycles. The van der Waals surface area contributed by atoms with Crippen LogP contribution in [0.2, 0.25) is 18.6 Å². The number of methoxy groups -OCH3 is 1. The number of fused-ring (bicyclic) bond motifs is 3. The molecule has 3 aliphatic heterocycles. The number of unbranched alkanes of at least 4 members (excludes halogenated alkanes) is 1. The molecule has 1 aromatic heterocycles. The summed E-state index contributed by atoms with van der Waals surface area (Å²) in [5.74, 6) is -1.09. The number of anilines is 3. The Labute approximate surface area is 281 Å². The number of aromatic nitrogens is 3.